The SMILES string of the molecule is CC(C)(C)C1=Cc2c(n(-c3cc4c5ccc6c(c5n5c7ccc8c9cc(-n%10c%11ccc(C(C)(C)C)cc%11c%11cc(C(C)(C)C)ccc%11%10)ccc9n(-c9cc#ccc9C(C)(C)C)c8c7c(c3)c45)=c3ccccc3=c3ccccc3=c3ccccc3=6)c3ccc(C(C)(C)C)cc23)CC1. The van der Waals surface area contributed by atoms with Crippen LogP contribution in [-0.4, -0.2) is 18.1 Å². The van der Waals surface area contributed by atoms with Crippen LogP contribution < -0.4 is 0 Å². The first kappa shape index (κ1) is 58.5. The maximum Gasteiger partial charge on any atom is 0.0641 e. The average molecular weight is 1240 g/mol. The van der Waals surface area contributed by atoms with Crippen LogP contribution >= 0.6 is 0 Å². The number of fused-ring (bicyclic) bond motifs is 21. The number of hydrogen-bond acceptors (Lipinski definition) is 0. The van der Waals surface area contributed by atoms with Crippen molar-refractivity contribution in [1.82, 2.24) is 18.1 Å². The van der Waals surface area contributed by atoms with Gasteiger partial charge in [-0.25, -0.2) is 0 Å². The lowest BCUT2D eigenvalue weighted by molar-refractivity contribution is 0.483. The number of rotatable bonds is 3. The molecule has 2 aliphatic rings. The highest BCUT2D eigenvalue weighted by atomic mass is 15.0. The van der Waals surface area contributed by atoms with Gasteiger partial charge in [0.25, 0.3) is 0 Å². The first-order valence-electron chi connectivity index (χ1n) is 34.8. The smallest absolute Gasteiger partial charge is 0.0641 e. The summed E-state index contributed by atoms with van der Waals surface area (Å²) in [7, 11) is 0. The molecule has 0 N–H and O–H groups in total. The van der Waals surface area contributed by atoms with Crippen molar-refractivity contribution < 1.29 is 0 Å². The summed E-state index contributed by atoms with van der Waals surface area (Å²) in [6, 6.07) is 82.7. The Bertz CT molecular complexity index is 6500. The van der Waals surface area contributed by atoms with Crippen LogP contribution in [0.1, 0.15) is 144 Å². The van der Waals surface area contributed by atoms with Gasteiger partial charge in [-0.3, -0.25) is 0 Å². The number of aromatic nitrogens is 4. The van der Waals surface area contributed by atoms with Crippen LogP contribution in [0.15, 0.2) is 200 Å². The molecule has 0 atom stereocenters. The fourth-order valence-corrected chi connectivity index (χ4v) is 17.1. The zero-order valence-electron chi connectivity index (χ0n) is 58.3. The summed E-state index contributed by atoms with van der Waals surface area (Å²) >= 11 is 0. The van der Waals surface area contributed by atoms with Gasteiger partial charge in [0.05, 0.1) is 49.8 Å². The Morgan fingerprint density at radius 3 is 1.38 bits per heavy atom. The van der Waals surface area contributed by atoms with Gasteiger partial charge in [-0.05, 0) is 178 Å². The lowest BCUT2D eigenvalue weighted by Gasteiger charge is -2.27. The third kappa shape index (κ3) is 8.35. The average Bonchev–Trinajstić information content (AvgIpc) is 1.52. The normalized spacial score (nSPS) is 13.9. The lowest BCUT2D eigenvalue weighted by atomic mass is 9.79. The molecule has 0 radical (unpaired) electrons. The van der Waals surface area contributed by atoms with E-state index < -0.39 is 0 Å². The van der Waals surface area contributed by atoms with E-state index in [-0.39, 0.29) is 27.1 Å². The predicted molar refractivity (Wildman–Crippen MR) is 405 cm³/mol. The second-order valence-corrected chi connectivity index (χ2v) is 33.2. The van der Waals surface area contributed by atoms with E-state index in [9.17, 15) is 0 Å². The first-order chi connectivity index (χ1) is 45.8. The molecule has 96 heavy (non-hydrogen) atoms. The molecule has 0 fully saturated rings. The molecular formula is C92H82N4. The fraction of sp³-hybridized carbons (Fsp3) is 0.239. The molecule has 0 spiro atoms. The van der Waals surface area contributed by atoms with E-state index in [1.54, 1.807) is 0 Å². The molecular weight excluding hydrogens is 1160 g/mol. The number of nitrogens with zero attached hydrogens (tertiary/aromatic N) is 4. The zero-order chi connectivity index (χ0) is 66.2. The maximum absolute atomic E-state index is 3.52. The van der Waals surface area contributed by atoms with Crippen LogP contribution in [0, 0.1) is 59.3 Å². The maximum atomic E-state index is 3.52. The molecule has 4 heteroatoms. The highest BCUT2D eigenvalue weighted by Crippen LogP contribution is 2.50. The van der Waals surface area contributed by atoms with Crippen molar-refractivity contribution in [2.24, 2.45) is 5.41 Å². The molecule has 2 aliphatic carbocycles. The highest BCUT2D eigenvalue weighted by molar-refractivity contribution is 6.32. The van der Waals surface area contributed by atoms with Crippen LogP contribution in [0.3, 0.4) is 0 Å². The molecule has 0 unspecified atom stereocenters. The summed E-state index contributed by atoms with van der Waals surface area (Å²) in [5, 5.41) is 21.2. The molecule has 16 aromatic rings. The number of hydrogen-bond donors (Lipinski definition) is 0. The van der Waals surface area contributed by atoms with Gasteiger partial charge >= 0.3 is 0 Å². The Labute approximate surface area is 561 Å². The number of benzene rings is 10. The Kier molecular flexibility index (Phi) is 12.0. The van der Waals surface area contributed by atoms with Crippen LogP contribution in [0.4, 0.5) is 0 Å². The molecule has 0 amide bonds. The van der Waals surface area contributed by atoms with E-state index in [1.165, 1.54) is 174 Å². The molecule has 0 saturated heterocycles. The lowest BCUT2D eigenvalue weighted by Crippen LogP contribution is -2.14. The van der Waals surface area contributed by atoms with Crippen molar-refractivity contribution in [2.45, 2.75) is 138 Å². The topological polar surface area (TPSA) is 19.2 Å². The van der Waals surface area contributed by atoms with Crippen LogP contribution in [-0.2, 0) is 28.1 Å². The quantitative estimate of drug-likeness (QED) is 0.168. The van der Waals surface area contributed by atoms with Crippen molar-refractivity contribution >= 4 is 98.7 Å². The molecule has 11 aromatic carbocycles. The summed E-state index contributed by atoms with van der Waals surface area (Å²) in [6.45, 7) is 35.2. The van der Waals surface area contributed by atoms with E-state index in [1.807, 2.05) is 0 Å². The van der Waals surface area contributed by atoms with Crippen molar-refractivity contribution in [3.05, 3.63) is 287 Å². The van der Waals surface area contributed by atoms with E-state index in [4.69, 9.17) is 0 Å². The van der Waals surface area contributed by atoms with E-state index in [2.05, 4.69) is 334 Å². The van der Waals surface area contributed by atoms with Crippen LogP contribution in [0.2, 0.25) is 0 Å². The van der Waals surface area contributed by atoms with Crippen molar-refractivity contribution in [1.29, 1.82) is 0 Å². The summed E-state index contributed by atoms with van der Waals surface area (Å²) in [6.07, 6.45) is 4.53. The molecule has 470 valence electrons. The Morgan fingerprint density at radius 2 is 0.792 bits per heavy atom. The molecule has 18 rings (SSSR count). The van der Waals surface area contributed by atoms with E-state index in [0.29, 0.717) is 0 Å². The summed E-state index contributed by atoms with van der Waals surface area (Å²) in [4.78, 5) is 0. The Morgan fingerprint density at radius 1 is 0.323 bits per heavy atom. The Balaban J connectivity index is 1.06. The van der Waals surface area contributed by atoms with E-state index >= 15 is 0 Å². The minimum atomic E-state index is -0.224. The summed E-state index contributed by atoms with van der Waals surface area (Å²) < 4.78 is 10.5. The highest BCUT2D eigenvalue weighted by Gasteiger charge is 2.32. The van der Waals surface area contributed by atoms with Crippen molar-refractivity contribution in [2.75, 3.05) is 0 Å². The monoisotopic (exact) mass is 1240 g/mol. The van der Waals surface area contributed by atoms with Crippen LogP contribution in [0.25, 0.3) is 116 Å². The standard InChI is InChI=1S/C92H82N4/c1-88(2,3)53-32-40-76-68(46-53)69-47-54(89(4,5)6)33-41-77(69)93(76)57-36-44-80-72(50-57)66-39-45-82-84(87(66)95(80)81-31-23-22-30-75(81)92(13,14)15)74-52-58(94-78-42-34-55(90(7,8)9)48-70(78)71-49-56(91(10,11)12)35-43-79(71)94)51-73-67-38-37-65-63-28-19-18-26-61(63)59-24-16-17-25-60(59)62-27-20-21-29-64(62)83(65)86(67)96(82)85(73)74/h16-21,24-34,36-42,44-52H,35,43H2,1-15H3. The van der Waals surface area contributed by atoms with E-state index in [0.717, 1.165) is 29.7 Å². The third-order valence-corrected chi connectivity index (χ3v) is 22.1. The van der Waals surface area contributed by atoms with Crippen LogP contribution in [0.5, 0.6) is 0 Å². The second-order valence-electron chi connectivity index (χ2n) is 33.2. The molecule has 0 bridgehead atoms. The van der Waals surface area contributed by atoms with Gasteiger partial charge in [-0.2, -0.15) is 0 Å². The first-order valence-corrected chi connectivity index (χ1v) is 34.8. The van der Waals surface area contributed by atoms with Gasteiger partial charge in [0.1, 0.15) is 0 Å². The fourth-order valence-electron chi connectivity index (χ4n) is 17.1. The predicted octanol–water partition coefficient (Wildman–Crippen LogP) is 23.6. The molecule has 0 aliphatic heterocycles. The zero-order valence-corrected chi connectivity index (χ0v) is 58.3. The van der Waals surface area contributed by atoms with Gasteiger partial charge in [0.15, 0.2) is 0 Å². The summed E-state index contributed by atoms with van der Waals surface area (Å²) in [5.41, 5.74) is 22.4. The number of allylic oxidation sites excluding steroid dienone is 1. The van der Waals surface area contributed by atoms with Gasteiger partial charge < -0.3 is 18.1 Å². The van der Waals surface area contributed by atoms with Gasteiger partial charge in [-0.15, -0.1) is 0 Å². The van der Waals surface area contributed by atoms with Crippen molar-refractivity contribution in [3.63, 3.8) is 0 Å². The van der Waals surface area contributed by atoms with Gasteiger partial charge in [0, 0.05) is 82.4 Å². The minimum Gasteiger partial charge on any atom is -0.313 e. The Hall–Kier alpha value is -10.1. The van der Waals surface area contributed by atoms with Gasteiger partial charge in [0.2, 0.25) is 0 Å². The minimum absolute atomic E-state index is 0.0129. The third-order valence-electron chi connectivity index (χ3n) is 22.1. The molecule has 0 saturated carbocycles. The molecule has 5 heterocycles. The second kappa shape index (κ2) is 19.8. The largest absolute Gasteiger partial charge is 0.313 e. The van der Waals surface area contributed by atoms with Crippen molar-refractivity contribution in [3.8, 4) is 17.1 Å². The van der Waals surface area contributed by atoms with Gasteiger partial charge in [-0.1, -0.05) is 237 Å². The molecule has 4 nitrogen and oxygen atoms in total. The summed E-state index contributed by atoms with van der Waals surface area (Å²) in [5.74, 6) is 0. The molecule has 5 aromatic heterocycles.